The Bertz CT molecular complexity index is 963. The van der Waals surface area contributed by atoms with Crippen molar-refractivity contribution in [3.8, 4) is 17.2 Å². The molecule has 0 radical (unpaired) electrons. The second-order valence-electron chi connectivity index (χ2n) is 4.92. The van der Waals surface area contributed by atoms with Gasteiger partial charge in [0.2, 0.25) is 5.89 Å². The number of benzene rings is 2. The third-order valence-electron chi connectivity index (χ3n) is 2.96. The lowest BCUT2D eigenvalue weighted by Crippen LogP contribution is -2.06. The summed E-state index contributed by atoms with van der Waals surface area (Å²) in [7, 11) is -3.69. The lowest BCUT2D eigenvalue weighted by atomic mass is 10.2. The molecule has 0 spiro atoms. The normalized spacial score (nSPS) is 11.8. The Hall–Kier alpha value is -2.05. The lowest BCUT2D eigenvalue weighted by molar-refractivity contribution is 0.492. The van der Waals surface area contributed by atoms with E-state index in [-0.39, 0.29) is 11.6 Å². The van der Waals surface area contributed by atoms with Gasteiger partial charge >= 0.3 is 10.1 Å². The molecule has 0 amide bonds. The number of hydrogen-bond donors (Lipinski definition) is 0. The van der Waals surface area contributed by atoms with E-state index >= 15 is 0 Å². The maximum atomic E-state index is 11.4. The number of nitrogens with zero attached hydrogens (tertiary/aromatic N) is 1. The summed E-state index contributed by atoms with van der Waals surface area (Å²) in [6.45, 7) is 1.95. The molecule has 0 atom stereocenters. The van der Waals surface area contributed by atoms with Gasteiger partial charge < -0.3 is 8.60 Å². The van der Waals surface area contributed by atoms with Gasteiger partial charge in [-0.1, -0.05) is 17.7 Å². The number of rotatable bonds is 3. The average molecular weight is 338 g/mol. The Labute approximate surface area is 132 Å². The SMILES string of the molecule is Cc1ccc2oc(-c3ccc(Cl)cc3OS(C)(=O)=O)nc2c1. The van der Waals surface area contributed by atoms with Crippen molar-refractivity contribution in [3.05, 3.63) is 47.0 Å². The first kappa shape index (κ1) is 14.9. The van der Waals surface area contributed by atoms with E-state index in [1.807, 2.05) is 25.1 Å². The van der Waals surface area contributed by atoms with Crippen molar-refractivity contribution in [2.45, 2.75) is 6.92 Å². The first-order valence-electron chi connectivity index (χ1n) is 6.38. The molecule has 0 aliphatic rings. The van der Waals surface area contributed by atoms with E-state index in [1.165, 1.54) is 6.07 Å². The van der Waals surface area contributed by atoms with Gasteiger partial charge in [0.1, 0.15) is 5.52 Å². The molecule has 114 valence electrons. The fourth-order valence-corrected chi connectivity index (χ4v) is 2.68. The molecule has 3 rings (SSSR count). The molecular weight excluding hydrogens is 326 g/mol. The van der Waals surface area contributed by atoms with Gasteiger partial charge in [0.15, 0.2) is 11.3 Å². The van der Waals surface area contributed by atoms with Crippen LogP contribution in [0.2, 0.25) is 5.02 Å². The third kappa shape index (κ3) is 3.08. The average Bonchev–Trinajstić information content (AvgIpc) is 2.79. The molecule has 1 heterocycles. The third-order valence-corrected chi connectivity index (χ3v) is 3.68. The molecule has 0 unspecified atom stereocenters. The van der Waals surface area contributed by atoms with E-state index in [1.54, 1.807) is 12.1 Å². The zero-order chi connectivity index (χ0) is 15.9. The van der Waals surface area contributed by atoms with Crippen LogP contribution in [0.1, 0.15) is 5.56 Å². The molecular formula is C15H12ClNO4S. The number of halogens is 1. The van der Waals surface area contributed by atoms with E-state index in [4.69, 9.17) is 20.2 Å². The van der Waals surface area contributed by atoms with Crippen LogP contribution in [-0.2, 0) is 10.1 Å². The van der Waals surface area contributed by atoms with Gasteiger partial charge in [-0.15, -0.1) is 0 Å². The van der Waals surface area contributed by atoms with Crippen molar-refractivity contribution in [3.63, 3.8) is 0 Å². The minimum absolute atomic E-state index is 0.0817. The molecule has 0 N–H and O–H groups in total. The fourth-order valence-electron chi connectivity index (χ4n) is 2.06. The largest absolute Gasteiger partial charge is 0.436 e. The molecule has 7 heteroatoms. The molecule has 1 aromatic heterocycles. The Morgan fingerprint density at radius 2 is 1.95 bits per heavy atom. The molecule has 22 heavy (non-hydrogen) atoms. The summed E-state index contributed by atoms with van der Waals surface area (Å²) in [4.78, 5) is 4.38. The highest BCUT2D eigenvalue weighted by molar-refractivity contribution is 7.86. The molecule has 0 aliphatic heterocycles. The van der Waals surface area contributed by atoms with Crippen LogP contribution < -0.4 is 4.18 Å². The zero-order valence-electron chi connectivity index (χ0n) is 11.8. The van der Waals surface area contributed by atoms with Crippen molar-refractivity contribution in [2.75, 3.05) is 6.26 Å². The minimum Gasteiger partial charge on any atom is -0.436 e. The minimum atomic E-state index is -3.69. The van der Waals surface area contributed by atoms with E-state index in [0.29, 0.717) is 21.7 Å². The first-order valence-corrected chi connectivity index (χ1v) is 8.58. The highest BCUT2D eigenvalue weighted by Gasteiger charge is 2.17. The Balaban J connectivity index is 2.17. The van der Waals surface area contributed by atoms with Gasteiger partial charge in [-0.3, -0.25) is 0 Å². The Morgan fingerprint density at radius 3 is 2.68 bits per heavy atom. The lowest BCUT2D eigenvalue weighted by Gasteiger charge is -2.07. The highest BCUT2D eigenvalue weighted by atomic mass is 35.5. The maximum absolute atomic E-state index is 11.4. The smallest absolute Gasteiger partial charge is 0.306 e. The van der Waals surface area contributed by atoms with Crippen LogP contribution in [0.5, 0.6) is 5.75 Å². The molecule has 5 nitrogen and oxygen atoms in total. The van der Waals surface area contributed by atoms with Crippen LogP contribution in [-0.4, -0.2) is 19.7 Å². The quantitative estimate of drug-likeness (QED) is 0.680. The second kappa shape index (κ2) is 5.30. The molecule has 2 aromatic carbocycles. The first-order chi connectivity index (χ1) is 10.3. The predicted molar refractivity (Wildman–Crippen MR) is 84.7 cm³/mol. The fraction of sp³-hybridized carbons (Fsp3) is 0.133. The van der Waals surface area contributed by atoms with Gasteiger partial charge in [-0.25, -0.2) is 4.98 Å². The number of hydrogen-bond acceptors (Lipinski definition) is 5. The van der Waals surface area contributed by atoms with Crippen LogP contribution >= 0.6 is 11.6 Å². The standard InChI is InChI=1S/C15H12ClNO4S/c1-9-3-6-13-12(7-9)17-15(20-13)11-5-4-10(16)8-14(11)21-22(2,18)19/h3-8H,1-2H3. The number of aryl methyl sites for hydroxylation is 1. The maximum Gasteiger partial charge on any atom is 0.306 e. The van der Waals surface area contributed by atoms with Gasteiger partial charge in [-0.2, -0.15) is 8.42 Å². The van der Waals surface area contributed by atoms with Crippen LogP contribution in [0.3, 0.4) is 0 Å². The van der Waals surface area contributed by atoms with E-state index in [0.717, 1.165) is 11.8 Å². The number of aromatic nitrogens is 1. The summed E-state index contributed by atoms with van der Waals surface area (Å²) in [5.74, 6) is 0.356. The Morgan fingerprint density at radius 1 is 1.18 bits per heavy atom. The van der Waals surface area contributed by atoms with Crippen molar-refractivity contribution in [2.24, 2.45) is 0 Å². The summed E-state index contributed by atoms with van der Waals surface area (Å²) in [6, 6.07) is 10.3. The van der Waals surface area contributed by atoms with E-state index < -0.39 is 10.1 Å². The van der Waals surface area contributed by atoms with Gasteiger partial charge in [-0.05, 0) is 36.8 Å². The molecule has 0 fully saturated rings. The number of oxazole rings is 1. The highest BCUT2D eigenvalue weighted by Crippen LogP contribution is 2.34. The molecule has 0 saturated carbocycles. The molecule has 3 aromatic rings. The summed E-state index contributed by atoms with van der Waals surface area (Å²) in [5.41, 5.74) is 2.77. The van der Waals surface area contributed by atoms with Crippen molar-refractivity contribution in [1.29, 1.82) is 0 Å². The van der Waals surface area contributed by atoms with Crippen LogP contribution in [0.4, 0.5) is 0 Å². The van der Waals surface area contributed by atoms with Crippen molar-refractivity contribution < 1.29 is 17.0 Å². The topological polar surface area (TPSA) is 69.4 Å². The van der Waals surface area contributed by atoms with Crippen LogP contribution in [0.15, 0.2) is 40.8 Å². The Kier molecular flexibility index (Phi) is 3.58. The van der Waals surface area contributed by atoms with Gasteiger partial charge in [0, 0.05) is 11.1 Å². The molecule has 0 aliphatic carbocycles. The summed E-state index contributed by atoms with van der Waals surface area (Å²) < 4.78 is 33.4. The van der Waals surface area contributed by atoms with Crippen LogP contribution in [0, 0.1) is 6.92 Å². The van der Waals surface area contributed by atoms with Crippen LogP contribution in [0.25, 0.3) is 22.6 Å². The predicted octanol–water partition coefficient (Wildman–Crippen LogP) is 3.80. The molecule has 0 bridgehead atoms. The summed E-state index contributed by atoms with van der Waals surface area (Å²) >= 11 is 5.91. The van der Waals surface area contributed by atoms with Crippen molar-refractivity contribution in [1.82, 2.24) is 4.98 Å². The van der Waals surface area contributed by atoms with E-state index in [2.05, 4.69) is 4.98 Å². The monoisotopic (exact) mass is 337 g/mol. The zero-order valence-corrected chi connectivity index (χ0v) is 13.4. The summed E-state index contributed by atoms with van der Waals surface area (Å²) in [5, 5.41) is 0.356. The second-order valence-corrected chi connectivity index (χ2v) is 6.93. The van der Waals surface area contributed by atoms with E-state index in [9.17, 15) is 8.42 Å². The van der Waals surface area contributed by atoms with Gasteiger partial charge in [0.05, 0.1) is 11.8 Å². The summed E-state index contributed by atoms with van der Waals surface area (Å²) in [6.07, 6.45) is 0.965. The molecule has 0 saturated heterocycles. The number of fused-ring (bicyclic) bond motifs is 1. The van der Waals surface area contributed by atoms with Crippen molar-refractivity contribution >= 4 is 32.8 Å². The van der Waals surface area contributed by atoms with Gasteiger partial charge in [0.25, 0.3) is 0 Å².